The van der Waals surface area contributed by atoms with Gasteiger partial charge in [0.15, 0.2) is 0 Å². The van der Waals surface area contributed by atoms with Crippen LogP contribution >= 0.6 is 11.6 Å². The smallest absolute Gasteiger partial charge is 0.379 e. The minimum Gasteiger partial charge on any atom is -0.506 e. The molecule has 0 fully saturated rings. The van der Waals surface area contributed by atoms with E-state index in [9.17, 15) is 13.6 Å². The summed E-state index contributed by atoms with van der Waals surface area (Å²) in [6, 6.07) is 1.47. The third-order valence-electron chi connectivity index (χ3n) is 2.27. The van der Waals surface area contributed by atoms with Crippen molar-refractivity contribution < 1.29 is 23.4 Å². The van der Waals surface area contributed by atoms with E-state index in [1.807, 2.05) is 0 Å². The van der Waals surface area contributed by atoms with E-state index >= 15 is 0 Å². The van der Waals surface area contributed by atoms with Crippen LogP contribution in [0, 0.1) is 0 Å². The van der Waals surface area contributed by atoms with Crippen molar-refractivity contribution in [2.45, 2.75) is 18.9 Å². The Kier molecular flexibility index (Phi) is 4.48. The molecular weight excluding hydrogens is 268 g/mol. The molecule has 1 rings (SSSR count). The second-order valence-corrected chi connectivity index (χ2v) is 3.94. The van der Waals surface area contributed by atoms with Crippen LogP contribution in [0.4, 0.5) is 8.78 Å². The van der Waals surface area contributed by atoms with Crippen molar-refractivity contribution in [2.24, 2.45) is 5.73 Å². The highest BCUT2D eigenvalue weighted by Crippen LogP contribution is 2.34. The number of aromatic hydroxyl groups is 1. The zero-order chi connectivity index (χ0) is 13.9. The number of carbonyl (C=O) groups excluding carboxylic acids is 1. The monoisotopic (exact) mass is 279 g/mol. The van der Waals surface area contributed by atoms with Gasteiger partial charge in [-0.05, 0) is 24.6 Å². The van der Waals surface area contributed by atoms with E-state index in [2.05, 4.69) is 4.74 Å². The minimum atomic E-state index is -3.86. The Morgan fingerprint density at radius 3 is 2.72 bits per heavy atom. The Morgan fingerprint density at radius 1 is 1.61 bits per heavy atom. The fraction of sp³-hybridized carbons (Fsp3) is 0.364. The molecule has 7 heteroatoms. The second-order valence-electron chi connectivity index (χ2n) is 3.53. The normalized spacial score (nSPS) is 13.2. The Morgan fingerprint density at radius 2 is 2.22 bits per heavy atom. The third kappa shape index (κ3) is 2.88. The average molecular weight is 280 g/mol. The molecule has 0 aliphatic carbocycles. The molecule has 0 unspecified atom stereocenters. The Balaban J connectivity index is 3.01. The maximum Gasteiger partial charge on any atom is 0.379 e. The lowest BCUT2D eigenvalue weighted by molar-refractivity contribution is -0.174. The van der Waals surface area contributed by atoms with Crippen LogP contribution < -0.4 is 5.73 Å². The van der Waals surface area contributed by atoms with Crippen molar-refractivity contribution in [2.75, 3.05) is 6.61 Å². The third-order valence-corrected chi connectivity index (χ3v) is 2.57. The van der Waals surface area contributed by atoms with Crippen molar-refractivity contribution in [3.63, 3.8) is 0 Å². The van der Waals surface area contributed by atoms with Gasteiger partial charge in [0.05, 0.1) is 11.6 Å². The summed E-state index contributed by atoms with van der Waals surface area (Å²) in [7, 11) is 0. The molecule has 0 amide bonds. The first-order valence-electron chi connectivity index (χ1n) is 5.09. The Labute approximate surface area is 107 Å². The first-order valence-corrected chi connectivity index (χ1v) is 5.47. The summed E-state index contributed by atoms with van der Waals surface area (Å²) in [5.74, 6) is -5.81. The van der Waals surface area contributed by atoms with Crippen molar-refractivity contribution >= 4 is 17.6 Å². The first kappa shape index (κ1) is 14.7. The molecule has 0 heterocycles. The van der Waals surface area contributed by atoms with E-state index in [4.69, 9.17) is 22.4 Å². The number of nitrogens with two attached hydrogens (primary N) is 1. The Bertz CT molecular complexity index is 454. The molecular formula is C11H12ClF2NO3. The van der Waals surface area contributed by atoms with Gasteiger partial charge in [-0.2, -0.15) is 8.78 Å². The zero-order valence-electron chi connectivity index (χ0n) is 9.49. The molecule has 0 radical (unpaired) electrons. The minimum absolute atomic E-state index is 0.0733. The van der Waals surface area contributed by atoms with Crippen LogP contribution in [0.15, 0.2) is 18.2 Å². The van der Waals surface area contributed by atoms with E-state index in [1.165, 1.54) is 13.0 Å². The topological polar surface area (TPSA) is 72.5 Å². The quantitative estimate of drug-likeness (QED) is 0.829. The average Bonchev–Trinajstić information content (AvgIpc) is 2.32. The number of esters is 1. The van der Waals surface area contributed by atoms with E-state index < -0.39 is 17.9 Å². The maximum absolute atomic E-state index is 13.6. The lowest BCUT2D eigenvalue weighted by Gasteiger charge is -2.22. The molecule has 1 aromatic carbocycles. The molecule has 18 heavy (non-hydrogen) atoms. The molecule has 0 aliphatic rings. The van der Waals surface area contributed by atoms with Crippen LogP contribution in [0.3, 0.4) is 0 Å². The number of halogens is 3. The summed E-state index contributed by atoms with van der Waals surface area (Å²) >= 11 is 5.58. The second kappa shape index (κ2) is 5.49. The van der Waals surface area contributed by atoms with Crippen molar-refractivity contribution in [1.29, 1.82) is 0 Å². The summed E-state index contributed by atoms with van der Waals surface area (Å²) in [5, 5.41) is 9.05. The molecule has 0 aromatic heterocycles. The van der Waals surface area contributed by atoms with Crippen LogP contribution in [0.2, 0.25) is 5.02 Å². The summed E-state index contributed by atoms with van der Waals surface area (Å²) in [4.78, 5) is 11.1. The highest BCUT2D eigenvalue weighted by Gasteiger charge is 2.47. The fourth-order valence-electron chi connectivity index (χ4n) is 1.28. The predicted octanol–water partition coefficient (Wildman–Crippen LogP) is 2.24. The van der Waals surface area contributed by atoms with Crippen molar-refractivity contribution in [3.8, 4) is 5.75 Å². The highest BCUT2D eigenvalue weighted by molar-refractivity contribution is 6.32. The molecule has 100 valence electrons. The summed E-state index contributed by atoms with van der Waals surface area (Å²) in [5.41, 5.74) is 5.26. The van der Waals surface area contributed by atoms with Crippen LogP contribution in [-0.4, -0.2) is 23.6 Å². The molecule has 0 aliphatic heterocycles. The van der Waals surface area contributed by atoms with Crippen LogP contribution in [0.25, 0.3) is 0 Å². The molecule has 0 saturated heterocycles. The number of rotatable bonds is 4. The molecule has 4 nitrogen and oxygen atoms in total. The number of phenolic OH excluding ortho intramolecular Hbond substituents is 1. The predicted molar refractivity (Wildman–Crippen MR) is 61.6 cm³/mol. The maximum atomic E-state index is 13.6. The van der Waals surface area contributed by atoms with Crippen molar-refractivity contribution in [1.82, 2.24) is 0 Å². The summed E-state index contributed by atoms with van der Waals surface area (Å²) < 4.78 is 31.5. The van der Waals surface area contributed by atoms with Gasteiger partial charge in [0, 0.05) is 0 Å². The standard InChI is InChI=1S/C11H12ClF2NO3/c1-2-18-10(17)11(13,14)9(15)6-3-4-8(16)7(12)5-6/h3-5,9,16H,2,15H2,1H3/t9-/m1/s1. The summed E-state index contributed by atoms with van der Waals surface area (Å²) in [6.45, 7) is 1.24. The van der Waals surface area contributed by atoms with Gasteiger partial charge in [0.2, 0.25) is 0 Å². The molecule has 1 atom stereocenters. The van der Waals surface area contributed by atoms with Gasteiger partial charge in [0.25, 0.3) is 0 Å². The zero-order valence-corrected chi connectivity index (χ0v) is 10.2. The number of hydrogen-bond donors (Lipinski definition) is 2. The van der Waals surface area contributed by atoms with Crippen LogP contribution in [-0.2, 0) is 9.53 Å². The van der Waals surface area contributed by atoms with Crippen LogP contribution in [0.1, 0.15) is 18.5 Å². The molecule has 0 saturated carbocycles. The SMILES string of the molecule is CCOC(=O)C(F)(F)[C@H](N)c1ccc(O)c(Cl)c1. The number of ether oxygens (including phenoxy) is 1. The van der Waals surface area contributed by atoms with Gasteiger partial charge in [-0.3, -0.25) is 0 Å². The van der Waals surface area contributed by atoms with Crippen molar-refractivity contribution in [3.05, 3.63) is 28.8 Å². The van der Waals surface area contributed by atoms with E-state index in [0.29, 0.717) is 0 Å². The van der Waals surface area contributed by atoms with E-state index in [-0.39, 0.29) is 22.9 Å². The lowest BCUT2D eigenvalue weighted by Crippen LogP contribution is -2.41. The lowest BCUT2D eigenvalue weighted by atomic mass is 10.0. The largest absolute Gasteiger partial charge is 0.506 e. The first-order chi connectivity index (χ1) is 8.30. The van der Waals surface area contributed by atoms with Gasteiger partial charge in [-0.15, -0.1) is 0 Å². The fourth-order valence-corrected chi connectivity index (χ4v) is 1.47. The van der Waals surface area contributed by atoms with Gasteiger partial charge < -0.3 is 15.6 Å². The number of hydrogen-bond acceptors (Lipinski definition) is 4. The van der Waals surface area contributed by atoms with Gasteiger partial charge in [-0.25, -0.2) is 4.79 Å². The van der Waals surface area contributed by atoms with Crippen LogP contribution in [0.5, 0.6) is 5.75 Å². The van der Waals surface area contributed by atoms with Gasteiger partial charge in [0.1, 0.15) is 11.8 Å². The van der Waals surface area contributed by atoms with E-state index in [1.54, 1.807) is 0 Å². The number of carbonyl (C=O) groups is 1. The molecule has 0 spiro atoms. The number of benzene rings is 1. The number of alkyl halides is 2. The molecule has 1 aromatic rings. The molecule has 3 N–H and O–H groups in total. The number of phenols is 1. The van der Waals surface area contributed by atoms with Gasteiger partial charge in [-0.1, -0.05) is 17.7 Å². The van der Waals surface area contributed by atoms with E-state index in [0.717, 1.165) is 12.1 Å². The highest BCUT2D eigenvalue weighted by atomic mass is 35.5. The Hall–Kier alpha value is -1.40. The molecule has 0 bridgehead atoms. The van der Waals surface area contributed by atoms with Gasteiger partial charge >= 0.3 is 11.9 Å². The summed E-state index contributed by atoms with van der Waals surface area (Å²) in [6.07, 6.45) is 0.